The van der Waals surface area contributed by atoms with Crippen LogP contribution in [0, 0.1) is 5.92 Å². The topological polar surface area (TPSA) is 126 Å². The van der Waals surface area contributed by atoms with Gasteiger partial charge in [-0.3, -0.25) is 19.3 Å². The molecule has 12 heteroatoms. The summed E-state index contributed by atoms with van der Waals surface area (Å²) in [6.07, 6.45) is -0.865. The predicted octanol–water partition coefficient (Wildman–Crippen LogP) is 7.32. The number of rotatable bonds is 12. The van der Waals surface area contributed by atoms with Crippen LogP contribution in [0.15, 0.2) is 183 Å². The average molecular weight is 879 g/mol. The number of benzene rings is 6. The molecule has 6 aromatic carbocycles. The van der Waals surface area contributed by atoms with E-state index in [1.54, 1.807) is 34.2 Å². The second kappa shape index (κ2) is 16.7. The summed E-state index contributed by atoms with van der Waals surface area (Å²) in [4.78, 5) is 80.7. The van der Waals surface area contributed by atoms with Crippen molar-refractivity contribution in [1.29, 1.82) is 0 Å². The van der Waals surface area contributed by atoms with E-state index in [1.165, 1.54) is 19.2 Å². The molecular weight excluding hydrogens is 833 g/mol. The van der Waals surface area contributed by atoms with Crippen LogP contribution in [0.1, 0.15) is 52.0 Å². The smallest absolute Gasteiger partial charge is 0.340 e. The highest BCUT2D eigenvalue weighted by atomic mass is 16.6. The number of hydrazine groups is 1. The third-order valence-electron chi connectivity index (χ3n) is 13.5. The van der Waals surface area contributed by atoms with Crippen LogP contribution in [0.5, 0.6) is 5.75 Å². The summed E-state index contributed by atoms with van der Waals surface area (Å²) in [5.41, 5.74) is -0.300. The molecule has 4 aliphatic heterocycles. The van der Waals surface area contributed by atoms with Crippen molar-refractivity contribution in [3.05, 3.63) is 216 Å². The van der Waals surface area contributed by atoms with Crippen molar-refractivity contribution in [3.63, 3.8) is 0 Å². The standard InChI is InChI=1S/C54H46N4O8/c1-4-40-33-53(51(62)65-46(36-22-12-6-13-23-36)37-24-14-7-15-25-37,52(63)66-47(38-26-16-8-17-27-38)39-28-18-9-19-29-39)58-45-44(48(59)55(2)49(45)60)54(57(40)58)42-31-30-41(64-3)32-43(42)56(50(54)61)34-35-20-10-5-11-21-35/h4-32,40,44-47H,1,33-34H2,2-3H3/t40-,44-,45+,54+/m1/s1. The first-order valence-electron chi connectivity index (χ1n) is 21.8. The van der Waals surface area contributed by atoms with Crippen LogP contribution < -0.4 is 9.64 Å². The van der Waals surface area contributed by atoms with Gasteiger partial charge in [-0.05, 0) is 33.9 Å². The maximum atomic E-state index is 16.1. The Balaban J connectivity index is 1.20. The Morgan fingerprint density at radius 3 is 1.59 bits per heavy atom. The number of nitrogens with zero attached hydrogens (tertiary/aromatic N) is 4. The summed E-state index contributed by atoms with van der Waals surface area (Å²) in [5, 5.41) is 2.95. The quantitative estimate of drug-likeness (QED) is 0.0535. The van der Waals surface area contributed by atoms with E-state index in [0.29, 0.717) is 39.3 Å². The first-order chi connectivity index (χ1) is 32.1. The molecule has 6 aromatic rings. The Kier molecular flexibility index (Phi) is 10.7. The monoisotopic (exact) mass is 878 g/mol. The highest BCUT2D eigenvalue weighted by Gasteiger charge is 2.83. The van der Waals surface area contributed by atoms with Crippen molar-refractivity contribution >= 4 is 35.3 Å². The van der Waals surface area contributed by atoms with Gasteiger partial charge in [0, 0.05) is 31.1 Å². The van der Waals surface area contributed by atoms with Gasteiger partial charge in [0.25, 0.3) is 5.91 Å². The van der Waals surface area contributed by atoms with Crippen LogP contribution in [-0.4, -0.2) is 76.4 Å². The van der Waals surface area contributed by atoms with Crippen LogP contribution >= 0.6 is 0 Å². The summed E-state index contributed by atoms with van der Waals surface area (Å²) < 4.78 is 19.0. The van der Waals surface area contributed by atoms with Crippen LogP contribution in [-0.2, 0) is 45.5 Å². The molecule has 330 valence electrons. The van der Waals surface area contributed by atoms with Crippen LogP contribution in [0.25, 0.3) is 0 Å². The van der Waals surface area contributed by atoms with E-state index in [9.17, 15) is 9.59 Å². The minimum Gasteiger partial charge on any atom is -0.497 e. The van der Waals surface area contributed by atoms with Crippen LogP contribution in [0.2, 0.25) is 0 Å². The summed E-state index contributed by atoms with van der Waals surface area (Å²) in [7, 11) is 2.88. The number of amides is 3. The van der Waals surface area contributed by atoms with Gasteiger partial charge in [0.2, 0.25) is 17.4 Å². The number of imide groups is 1. The van der Waals surface area contributed by atoms with Gasteiger partial charge in [-0.1, -0.05) is 164 Å². The minimum absolute atomic E-state index is 0.102. The second-order valence-corrected chi connectivity index (χ2v) is 17.0. The molecular formula is C54H46N4O8. The fourth-order valence-electron chi connectivity index (χ4n) is 10.5. The number of likely N-dealkylation sites (tertiary alicyclic amines) is 1. The number of likely N-dealkylation sites (N-methyl/N-ethyl adjacent to an activating group) is 1. The Bertz CT molecular complexity index is 2670. The lowest BCUT2D eigenvalue weighted by Gasteiger charge is -2.41. The molecule has 4 atom stereocenters. The molecule has 3 saturated heterocycles. The molecule has 4 aliphatic rings. The summed E-state index contributed by atoms with van der Waals surface area (Å²) in [6.45, 7) is 4.30. The van der Waals surface area contributed by atoms with Crippen molar-refractivity contribution in [2.24, 2.45) is 5.92 Å². The van der Waals surface area contributed by atoms with E-state index >= 15 is 14.4 Å². The van der Waals surface area contributed by atoms with E-state index in [1.807, 2.05) is 152 Å². The number of methoxy groups -OCH3 is 1. The summed E-state index contributed by atoms with van der Waals surface area (Å²) in [6, 6.07) is 48.6. The number of carbonyl (C=O) groups is 5. The normalized spacial score (nSPS) is 21.9. The molecule has 3 fully saturated rings. The molecule has 4 heterocycles. The maximum absolute atomic E-state index is 16.1. The van der Waals surface area contributed by atoms with Crippen molar-refractivity contribution in [2.75, 3.05) is 19.1 Å². The number of esters is 2. The number of fused-ring (bicyclic) bond motifs is 7. The Morgan fingerprint density at radius 2 is 1.14 bits per heavy atom. The van der Waals surface area contributed by atoms with Gasteiger partial charge in [-0.15, -0.1) is 6.58 Å². The van der Waals surface area contributed by atoms with Crippen LogP contribution in [0.3, 0.4) is 0 Å². The van der Waals surface area contributed by atoms with E-state index in [-0.39, 0.29) is 13.0 Å². The number of ether oxygens (including phenoxy) is 3. The van der Waals surface area contributed by atoms with Gasteiger partial charge in [0.05, 0.1) is 25.3 Å². The number of anilines is 1. The van der Waals surface area contributed by atoms with Crippen molar-refractivity contribution in [3.8, 4) is 5.75 Å². The lowest BCUT2D eigenvalue weighted by Crippen LogP contribution is -2.64. The van der Waals surface area contributed by atoms with E-state index in [0.717, 1.165) is 10.5 Å². The fourth-order valence-corrected chi connectivity index (χ4v) is 10.5. The lowest BCUT2D eigenvalue weighted by atomic mass is 9.75. The van der Waals surface area contributed by atoms with Gasteiger partial charge in [-0.25, -0.2) is 14.6 Å². The van der Waals surface area contributed by atoms with Crippen molar-refractivity contribution in [2.45, 2.75) is 48.3 Å². The Morgan fingerprint density at radius 1 is 0.667 bits per heavy atom. The van der Waals surface area contributed by atoms with Crippen molar-refractivity contribution in [1.82, 2.24) is 14.9 Å². The van der Waals surface area contributed by atoms with Gasteiger partial charge in [-0.2, -0.15) is 5.01 Å². The molecule has 3 amide bonds. The zero-order chi connectivity index (χ0) is 45.7. The Hall–Kier alpha value is -7.67. The van der Waals surface area contributed by atoms with Gasteiger partial charge >= 0.3 is 11.9 Å². The van der Waals surface area contributed by atoms with Gasteiger partial charge in [0.1, 0.15) is 11.8 Å². The first-order valence-corrected chi connectivity index (χ1v) is 21.8. The minimum atomic E-state index is -2.48. The molecule has 0 aliphatic carbocycles. The molecule has 0 unspecified atom stereocenters. The number of hydrogen-bond acceptors (Lipinski definition) is 10. The molecule has 10 rings (SSSR count). The molecule has 0 aromatic heterocycles. The molecule has 0 bridgehead atoms. The lowest BCUT2D eigenvalue weighted by molar-refractivity contribution is -0.192. The zero-order valence-corrected chi connectivity index (χ0v) is 36.3. The molecule has 12 nitrogen and oxygen atoms in total. The highest BCUT2D eigenvalue weighted by molar-refractivity contribution is 6.18. The third kappa shape index (κ3) is 6.39. The summed E-state index contributed by atoms with van der Waals surface area (Å²) in [5.74, 6) is -4.91. The molecule has 66 heavy (non-hydrogen) atoms. The SMILES string of the molecule is C=C[C@@H]1CC(C(=O)OC(c2ccccc2)c2ccccc2)(C(=O)OC(c2ccccc2)c2ccccc2)N2[C@@H]3C(=O)N(C)C(=O)[C@@H]3[C@@]3(C(=O)N(Cc4ccccc4)c4cc(OC)ccc43)N12. The van der Waals surface area contributed by atoms with E-state index in [4.69, 9.17) is 14.2 Å². The van der Waals surface area contributed by atoms with E-state index in [2.05, 4.69) is 6.58 Å². The second-order valence-electron chi connectivity index (χ2n) is 17.0. The van der Waals surface area contributed by atoms with Gasteiger partial charge < -0.3 is 19.1 Å². The number of hydrogen-bond donors (Lipinski definition) is 0. The zero-order valence-electron chi connectivity index (χ0n) is 36.3. The van der Waals surface area contributed by atoms with Crippen molar-refractivity contribution < 1.29 is 38.2 Å². The highest BCUT2D eigenvalue weighted by Crippen LogP contribution is 2.63. The fraction of sp³-hybridized carbons (Fsp3) is 0.204. The molecule has 0 radical (unpaired) electrons. The van der Waals surface area contributed by atoms with E-state index < -0.39 is 70.9 Å². The average Bonchev–Trinajstić information content (AvgIpc) is 4.03. The molecule has 1 spiro atoms. The largest absolute Gasteiger partial charge is 0.497 e. The molecule has 0 N–H and O–H groups in total. The molecule has 0 saturated carbocycles. The maximum Gasteiger partial charge on any atom is 0.340 e. The first kappa shape index (κ1) is 42.3. The Labute approximate surface area is 382 Å². The number of carbonyl (C=O) groups excluding carboxylic acids is 5. The van der Waals surface area contributed by atoms with Gasteiger partial charge in [0.15, 0.2) is 17.7 Å². The summed E-state index contributed by atoms with van der Waals surface area (Å²) >= 11 is 0. The predicted molar refractivity (Wildman–Crippen MR) is 244 cm³/mol. The third-order valence-corrected chi connectivity index (χ3v) is 13.5. The van der Waals surface area contributed by atoms with Crippen LogP contribution in [0.4, 0.5) is 5.69 Å².